The van der Waals surface area contributed by atoms with E-state index in [9.17, 15) is 9.59 Å². The fourth-order valence-corrected chi connectivity index (χ4v) is 6.26. The van der Waals surface area contributed by atoms with Gasteiger partial charge in [-0.3, -0.25) is 14.6 Å². The van der Waals surface area contributed by atoms with Crippen molar-refractivity contribution in [3.63, 3.8) is 0 Å². The van der Waals surface area contributed by atoms with Gasteiger partial charge in [-0.25, -0.2) is 4.79 Å². The number of nitrogens with one attached hydrogen (secondary N) is 1. The minimum atomic E-state index is -0.934. The van der Waals surface area contributed by atoms with Crippen molar-refractivity contribution in [2.24, 2.45) is 0 Å². The van der Waals surface area contributed by atoms with Crippen molar-refractivity contribution in [1.82, 2.24) is 19.7 Å². The molecule has 0 aliphatic carbocycles. The molecule has 7 heteroatoms. The first-order chi connectivity index (χ1) is 17.0. The number of aromatic amines is 1. The quantitative estimate of drug-likeness (QED) is 0.542. The van der Waals surface area contributed by atoms with Gasteiger partial charge in [0.05, 0.1) is 7.11 Å². The van der Waals surface area contributed by atoms with E-state index < -0.39 is 5.54 Å². The maximum absolute atomic E-state index is 13.9. The molecule has 1 aromatic heterocycles. The van der Waals surface area contributed by atoms with Gasteiger partial charge in [0.25, 0.3) is 5.91 Å². The van der Waals surface area contributed by atoms with E-state index in [0.717, 1.165) is 59.5 Å². The average Bonchev–Trinajstić information content (AvgIpc) is 3.56. The zero-order valence-corrected chi connectivity index (χ0v) is 20.4. The molecular formula is C28H32N4O3. The number of likely N-dealkylation sites (tertiary alicyclic amines) is 1. The molecule has 2 aromatic carbocycles. The highest BCUT2D eigenvalue weighted by Gasteiger charge is 2.60. The molecule has 2 fully saturated rings. The van der Waals surface area contributed by atoms with Gasteiger partial charge < -0.3 is 14.6 Å². The summed E-state index contributed by atoms with van der Waals surface area (Å²) in [6.07, 6.45) is 3.76. The highest BCUT2D eigenvalue weighted by molar-refractivity contribution is 6.08. The minimum Gasteiger partial charge on any atom is -0.497 e. The lowest BCUT2D eigenvalue weighted by Gasteiger charge is -2.42. The third-order valence-electron chi connectivity index (χ3n) is 8.04. The van der Waals surface area contributed by atoms with Gasteiger partial charge in [-0.2, -0.15) is 0 Å². The summed E-state index contributed by atoms with van der Waals surface area (Å²) in [7, 11) is 1.66. The van der Waals surface area contributed by atoms with Crippen molar-refractivity contribution in [3.8, 4) is 5.75 Å². The number of fused-ring (bicyclic) bond motifs is 4. The molecule has 0 saturated carbocycles. The van der Waals surface area contributed by atoms with Gasteiger partial charge in [-0.05, 0) is 75.1 Å². The second kappa shape index (κ2) is 8.41. The van der Waals surface area contributed by atoms with Gasteiger partial charge in [0, 0.05) is 29.6 Å². The van der Waals surface area contributed by atoms with Crippen molar-refractivity contribution >= 4 is 22.8 Å². The van der Waals surface area contributed by atoms with Crippen LogP contribution in [-0.4, -0.2) is 70.4 Å². The number of carbonyl (C=O) groups is 2. The molecule has 3 amide bonds. The second-order valence-corrected chi connectivity index (χ2v) is 10.2. The molecule has 0 unspecified atom stereocenters. The number of rotatable bonds is 6. The number of hydrogen-bond acceptors (Lipinski definition) is 4. The van der Waals surface area contributed by atoms with Gasteiger partial charge >= 0.3 is 6.03 Å². The van der Waals surface area contributed by atoms with Crippen molar-refractivity contribution in [2.75, 3.05) is 33.3 Å². The first kappa shape index (κ1) is 22.2. The average molecular weight is 473 g/mol. The molecule has 1 N–H and O–H groups in total. The van der Waals surface area contributed by atoms with Crippen LogP contribution in [0.15, 0.2) is 48.5 Å². The van der Waals surface area contributed by atoms with E-state index in [0.29, 0.717) is 13.0 Å². The fraction of sp³-hybridized carbons (Fsp3) is 0.429. The third kappa shape index (κ3) is 3.44. The molecule has 6 rings (SSSR count). The molecule has 0 bridgehead atoms. The second-order valence-electron chi connectivity index (χ2n) is 10.2. The molecule has 0 radical (unpaired) electrons. The van der Waals surface area contributed by atoms with Crippen LogP contribution in [0.5, 0.6) is 5.75 Å². The van der Waals surface area contributed by atoms with E-state index in [4.69, 9.17) is 4.74 Å². The molecule has 7 nitrogen and oxygen atoms in total. The molecule has 3 aliphatic rings. The zero-order chi connectivity index (χ0) is 24.2. The van der Waals surface area contributed by atoms with Crippen molar-refractivity contribution in [3.05, 3.63) is 65.4 Å². The SMILES string of the molecule is COc1ccc2[nH]c3c(c2c1)C[C@@]1(C)C(=O)N(CCCN2CCCC2)C(=O)N1[C@@H]3c1ccccc1. The number of nitrogens with zero attached hydrogens (tertiary/aromatic N) is 3. The molecule has 182 valence electrons. The van der Waals surface area contributed by atoms with E-state index in [2.05, 4.69) is 9.88 Å². The Balaban J connectivity index is 1.41. The minimum absolute atomic E-state index is 0.0900. The summed E-state index contributed by atoms with van der Waals surface area (Å²) in [6, 6.07) is 15.5. The summed E-state index contributed by atoms with van der Waals surface area (Å²) in [5.74, 6) is 0.688. The summed E-state index contributed by atoms with van der Waals surface area (Å²) in [6.45, 7) is 5.56. The maximum atomic E-state index is 13.9. The van der Waals surface area contributed by atoms with Crippen LogP contribution in [0.3, 0.4) is 0 Å². The van der Waals surface area contributed by atoms with E-state index >= 15 is 0 Å². The smallest absolute Gasteiger partial charge is 0.328 e. The Hall–Kier alpha value is -3.32. The Morgan fingerprint density at radius 2 is 1.83 bits per heavy atom. The Labute approximate surface area is 205 Å². The molecule has 35 heavy (non-hydrogen) atoms. The van der Waals surface area contributed by atoms with Crippen molar-refractivity contribution < 1.29 is 14.3 Å². The summed E-state index contributed by atoms with van der Waals surface area (Å²) < 4.78 is 5.49. The van der Waals surface area contributed by atoms with Gasteiger partial charge in [0.2, 0.25) is 0 Å². The Morgan fingerprint density at radius 1 is 1.06 bits per heavy atom. The van der Waals surface area contributed by atoms with Crippen LogP contribution in [0.2, 0.25) is 0 Å². The summed E-state index contributed by atoms with van der Waals surface area (Å²) >= 11 is 0. The van der Waals surface area contributed by atoms with E-state index in [1.807, 2.05) is 60.4 Å². The highest BCUT2D eigenvalue weighted by Crippen LogP contribution is 2.49. The third-order valence-corrected chi connectivity index (χ3v) is 8.04. The van der Waals surface area contributed by atoms with Gasteiger partial charge in [-0.1, -0.05) is 30.3 Å². The van der Waals surface area contributed by atoms with Crippen LogP contribution in [0.1, 0.15) is 49.0 Å². The normalized spacial score (nSPS) is 24.3. The van der Waals surface area contributed by atoms with Gasteiger partial charge in [-0.15, -0.1) is 0 Å². The number of benzene rings is 2. The van der Waals surface area contributed by atoms with Crippen LogP contribution >= 0.6 is 0 Å². The van der Waals surface area contributed by atoms with Crippen molar-refractivity contribution in [2.45, 2.75) is 44.2 Å². The lowest BCUT2D eigenvalue weighted by Crippen LogP contribution is -2.53. The molecule has 2 atom stereocenters. The van der Waals surface area contributed by atoms with Gasteiger partial charge in [0.15, 0.2) is 0 Å². The van der Waals surface area contributed by atoms with Crippen LogP contribution < -0.4 is 4.74 Å². The number of amides is 3. The maximum Gasteiger partial charge on any atom is 0.328 e. The molecule has 2 saturated heterocycles. The van der Waals surface area contributed by atoms with E-state index in [1.165, 1.54) is 17.7 Å². The van der Waals surface area contributed by atoms with Crippen LogP contribution in [0.4, 0.5) is 4.79 Å². The van der Waals surface area contributed by atoms with Crippen LogP contribution in [0, 0.1) is 0 Å². The van der Waals surface area contributed by atoms with Crippen LogP contribution in [0.25, 0.3) is 10.9 Å². The largest absolute Gasteiger partial charge is 0.497 e. The monoisotopic (exact) mass is 472 g/mol. The summed E-state index contributed by atoms with van der Waals surface area (Å²) in [4.78, 5) is 37.1. The van der Waals surface area contributed by atoms with Gasteiger partial charge in [0.1, 0.15) is 17.3 Å². The first-order valence-electron chi connectivity index (χ1n) is 12.6. The number of imide groups is 1. The van der Waals surface area contributed by atoms with E-state index in [1.54, 1.807) is 7.11 Å². The predicted octanol–water partition coefficient (Wildman–Crippen LogP) is 4.33. The number of H-pyrrole nitrogens is 1. The fourth-order valence-electron chi connectivity index (χ4n) is 6.26. The number of aromatic nitrogens is 1. The Kier molecular flexibility index (Phi) is 5.33. The highest BCUT2D eigenvalue weighted by atomic mass is 16.5. The lowest BCUT2D eigenvalue weighted by atomic mass is 9.81. The zero-order valence-electron chi connectivity index (χ0n) is 20.4. The van der Waals surface area contributed by atoms with E-state index in [-0.39, 0.29) is 18.0 Å². The summed E-state index contributed by atoms with van der Waals surface area (Å²) in [5, 5.41) is 1.05. The number of carbonyl (C=O) groups excluding carboxylic acids is 2. The Bertz CT molecular complexity index is 1280. The molecular weight excluding hydrogens is 440 g/mol. The predicted molar refractivity (Wildman–Crippen MR) is 134 cm³/mol. The molecule has 4 heterocycles. The number of methoxy groups -OCH3 is 1. The van der Waals surface area contributed by atoms with Crippen molar-refractivity contribution in [1.29, 1.82) is 0 Å². The molecule has 3 aliphatic heterocycles. The number of ether oxygens (including phenoxy) is 1. The first-order valence-corrected chi connectivity index (χ1v) is 12.6. The molecule has 3 aromatic rings. The lowest BCUT2D eigenvalue weighted by molar-refractivity contribution is -0.133. The van der Waals surface area contributed by atoms with Crippen LogP contribution in [-0.2, 0) is 11.2 Å². The Morgan fingerprint density at radius 3 is 2.57 bits per heavy atom. The standard InChI is InChI=1S/C28H32N4O3/c1-28-18-22-21-17-20(35-2)11-12-23(21)29-24(22)25(19-9-4-3-5-10-19)32(28)27(34)31(26(28)33)16-8-15-30-13-6-7-14-30/h3-5,9-12,17,25,29H,6-8,13-16,18H2,1-2H3/t25-,28+/m1/s1. The summed E-state index contributed by atoms with van der Waals surface area (Å²) in [5.41, 5.74) is 3.13. The molecule has 0 spiro atoms. The number of hydrogen-bond donors (Lipinski definition) is 1. The topological polar surface area (TPSA) is 68.9 Å². The number of urea groups is 1.